The molecule has 0 aliphatic rings. The molecule has 1 N–H and O–H groups in total. The van der Waals surface area contributed by atoms with Crippen LogP contribution < -0.4 is 11.0 Å². The van der Waals surface area contributed by atoms with Crippen molar-refractivity contribution in [2.75, 3.05) is 5.32 Å². The van der Waals surface area contributed by atoms with Crippen molar-refractivity contribution in [1.82, 2.24) is 24.7 Å². The molecule has 0 aliphatic heterocycles. The van der Waals surface area contributed by atoms with E-state index in [1.54, 1.807) is 36.1 Å². The van der Waals surface area contributed by atoms with Crippen molar-refractivity contribution in [3.63, 3.8) is 0 Å². The maximum absolute atomic E-state index is 12.0. The molecule has 0 radical (unpaired) electrons. The van der Waals surface area contributed by atoms with Gasteiger partial charge in [-0.05, 0) is 37.5 Å². The smallest absolute Gasteiger partial charge is 0.300 e. The fourth-order valence-electron chi connectivity index (χ4n) is 2.50. The van der Waals surface area contributed by atoms with Crippen LogP contribution in [0.2, 0.25) is 0 Å². The average Bonchev–Trinajstić information content (AvgIpc) is 3.08. The molecule has 3 heterocycles. The Balaban J connectivity index is 1.42. The second-order valence-corrected chi connectivity index (χ2v) is 7.15. The number of rotatable bonds is 8. The highest BCUT2D eigenvalue weighted by Gasteiger charge is 2.09. The second kappa shape index (κ2) is 9.13. The molecule has 3 aromatic rings. The Morgan fingerprint density at radius 2 is 2.15 bits per heavy atom. The number of aryl methyl sites for hydroxylation is 3. The van der Waals surface area contributed by atoms with Gasteiger partial charge in [0, 0.05) is 37.3 Å². The van der Waals surface area contributed by atoms with Gasteiger partial charge in [0.05, 0.1) is 6.42 Å². The molecule has 3 rings (SSSR count). The van der Waals surface area contributed by atoms with E-state index in [0.29, 0.717) is 11.7 Å². The van der Waals surface area contributed by atoms with Crippen LogP contribution in [-0.2, 0) is 24.2 Å². The Morgan fingerprint density at radius 3 is 2.93 bits per heavy atom. The number of aromatic nitrogens is 5. The summed E-state index contributed by atoms with van der Waals surface area (Å²) in [6.07, 6.45) is 7.83. The quantitative estimate of drug-likeness (QED) is 0.596. The van der Waals surface area contributed by atoms with Gasteiger partial charge in [0.25, 0.3) is 0 Å². The molecule has 0 saturated heterocycles. The summed E-state index contributed by atoms with van der Waals surface area (Å²) in [6.45, 7) is 2.42. The molecule has 27 heavy (non-hydrogen) atoms. The predicted molar refractivity (Wildman–Crippen MR) is 103 cm³/mol. The SMILES string of the molecule is Cc1ccn(CCCCc2nnc(NC(=O)Cc3cccnc3)s2)c(=O)n1. The van der Waals surface area contributed by atoms with Gasteiger partial charge in [-0.2, -0.15) is 4.98 Å². The predicted octanol–water partition coefficient (Wildman–Crippen LogP) is 2.00. The van der Waals surface area contributed by atoms with E-state index in [-0.39, 0.29) is 18.0 Å². The lowest BCUT2D eigenvalue weighted by atomic mass is 10.2. The van der Waals surface area contributed by atoms with Crippen LogP contribution in [0.3, 0.4) is 0 Å². The van der Waals surface area contributed by atoms with Crippen LogP contribution in [0.4, 0.5) is 5.13 Å². The molecule has 0 spiro atoms. The molecule has 9 heteroatoms. The van der Waals surface area contributed by atoms with Crippen molar-refractivity contribution in [2.24, 2.45) is 0 Å². The summed E-state index contributed by atoms with van der Waals surface area (Å²) in [7, 11) is 0. The molecule has 0 saturated carbocycles. The molecule has 0 aliphatic carbocycles. The molecule has 8 nitrogen and oxygen atoms in total. The lowest BCUT2D eigenvalue weighted by Gasteiger charge is -2.04. The van der Waals surface area contributed by atoms with Gasteiger partial charge in [0.1, 0.15) is 5.01 Å². The van der Waals surface area contributed by atoms with Gasteiger partial charge in [-0.15, -0.1) is 10.2 Å². The third-order valence-corrected chi connectivity index (χ3v) is 4.75. The zero-order valence-electron chi connectivity index (χ0n) is 15.0. The summed E-state index contributed by atoms with van der Waals surface area (Å²) in [6, 6.07) is 5.48. The summed E-state index contributed by atoms with van der Waals surface area (Å²) >= 11 is 1.37. The van der Waals surface area contributed by atoms with Gasteiger partial charge in [0.2, 0.25) is 11.0 Å². The van der Waals surface area contributed by atoms with E-state index in [9.17, 15) is 9.59 Å². The number of hydrogen-bond donors (Lipinski definition) is 1. The van der Waals surface area contributed by atoms with E-state index in [1.165, 1.54) is 11.3 Å². The van der Waals surface area contributed by atoms with E-state index >= 15 is 0 Å². The van der Waals surface area contributed by atoms with Crippen molar-refractivity contribution >= 4 is 22.4 Å². The van der Waals surface area contributed by atoms with E-state index in [0.717, 1.165) is 35.5 Å². The molecular weight excluding hydrogens is 364 g/mol. The molecule has 0 atom stereocenters. The van der Waals surface area contributed by atoms with E-state index in [1.807, 2.05) is 12.1 Å². The summed E-state index contributed by atoms with van der Waals surface area (Å²) in [5, 5.41) is 12.2. The minimum atomic E-state index is -0.218. The number of nitrogens with one attached hydrogen (secondary N) is 1. The number of amides is 1. The first-order chi connectivity index (χ1) is 13.1. The van der Waals surface area contributed by atoms with Crippen molar-refractivity contribution < 1.29 is 4.79 Å². The first-order valence-electron chi connectivity index (χ1n) is 8.65. The molecular formula is C18H20N6O2S. The third kappa shape index (κ3) is 5.78. The summed E-state index contributed by atoms with van der Waals surface area (Å²) in [4.78, 5) is 31.7. The third-order valence-electron chi connectivity index (χ3n) is 3.85. The van der Waals surface area contributed by atoms with Crippen molar-refractivity contribution in [2.45, 2.75) is 39.2 Å². The second-order valence-electron chi connectivity index (χ2n) is 6.09. The van der Waals surface area contributed by atoms with Crippen molar-refractivity contribution in [1.29, 1.82) is 0 Å². The topological polar surface area (TPSA) is 103 Å². The van der Waals surface area contributed by atoms with Gasteiger partial charge >= 0.3 is 5.69 Å². The first kappa shape index (κ1) is 18.8. The number of nitrogens with zero attached hydrogens (tertiary/aromatic N) is 5. The zero-order chi connectivity index (χ0) is 19.1. The van der Waals surface area contributed by atoms with Gasteiger partial charge in [0.15, 0.2) is 0 Å². The van der Waals surface area contributed by atoms with Crippen LogP contribution in [0.25, 0.3) is 0 Å². The molecule has 140 valence electrons. The van der Waals surface area contributed by atoms with Gasteiger partial charge in [-0.1, -0.05) is 17.4 Å². The highest BCUT2D eigenvalue weighted by molar-refractivity contribution is 7.15. The largest absolute Gasteiger partial charge is 0.347 e. The number of anilines is 1. The normalized spacial score (nSPS) is 10.7. The zero-order valence-corrected chi connectivity index (χ0v) is 15.8. The van der Waals surface area contributed by atoms with Crippen LogP contribution in [0.5, 0.6) is 0 Å². The van der Waals surface area contributed by atoms with Gasteiger partial charge < -0.3 is 5.32 Å². The molecule has 3 aromatic heterocycles. The Morgan fingerprint density at radius 1 is 1.26 bits per heavy atom. The van der Waals surface area contributed by atoms with Crippen LogP contribution in [0, 0.1) is 6.92 Å². The Labute approximate surface area is 160 Å². The average molecular weight is 384 g/mol. The van der Waals surface area contributed by atoms with E-state index < -0.39 is 0 Å². The number of carbonyl (C=O) groups excluding carboxylic acids is 1. The Hall–Kier alpha value is -2.94. The van der Waals surface area contributed by atoms with Crippen LogP contribution in [0.15, 0.2) is 41.6 Å². The Bertz CT molecular complexity index is 954. The lowest BCUT2D eigenvalue weighted by molar-refractivity contribution is -0.115. The van der Waals surface area contributed by atoms with Gasteiger partial charge in [-0.3, -0.25) is 14.3 Å². The highest BCUT2D eigenvalue weighted by atomic mass is 32.1. The number of unbranched alkanes of at least 4 members (excludes halogenated alkanes) is 1. The number of carbonyl (C=O) groups is 1. The van der Waals surface area contributed by atoms with E-state index in [4.69, 9.17) is 0 Å². The van der Waals surface area contributed by atoms with E-state index in [2.05, 4.69) is 25.5 Å². The van der Waals surface area contributed by atoms with Crippen LogP contribution in [0.1, 0.15) is 29.1 Å². The van der Waals surface area contributed by atoms with Crippen LogP contribution >= 0.6 is 11.3 Å². The molecule has 1 amide bonds. The molecule has 0 unspecified atom stereocenters. The lowest BCUT2D eigenvalue weighted by Crippen LogP contribution is -2.22. The summed E-state index contributed by atoms with van der Waals surface area (Å²) < 4.78 is 1.61. The molecule has 0 fully saturated rings. The minimum Gasteiger partial charge on any atom is -0.300 e. The summed E-state index contributed by atoms with van der Waals surface area (Å²) in [5.74, 6) is -0.142. The fourth-order valence-corrected chi connectivity index (χ4v) is 3.30. The van der Waals surface area contributed by atoms with Crippen LogP contribution in [-0.4, -0.2) is 30.6 Å². The molecule has 0 bridgehead atoms. The number of hydrogen-bond acceptors (Lipinski definition) is 7. The monoisotopic (exact) mass is 384 g/mol. The summed E-state index contributed by atoms with van der Waals surface area (Å²) in [5.41, 5.74) is 1.35. The number of pyridine rings is 1. The minimum absolute atomic E-state index is 0.142. The first-order valence-corrected chi connectivity index (χ1v) is 9.47. The molecule has 0 aromatic carbocycles. The standard InChI is InChI=1S/C18H20N6O2S/c1-13-7-10-24(18(26)20-13)9-3-2-6-16-22-23-17(27-16)21-15(25)11-14-5-4-8-19-12-14/h4-5,7-8,10,12H,2-3,6,9,11H2,1H3,(H,21,23,25). The maximum atomic E-state index is 12.0. The fraction of sp³-hybridized carbons (Fsp3) is 0.333. The van der Waals surface area contributed by atoms with Crippen molar-refractivity contribution in [3.05, 3.63) is 63.5 Å². The van der Waals surface area contributed by atoms with Crippen molar-refractivity contribution in [3.8, 4) is 0 Å². The maximum Gasteiger partial charge on any atom is 0.347 e. The van der Waals surface area contributed by atoms with Gasteiger partial charge in [-0.25, -0.2) is 4.79 Å². The Kier molecular flexibility index (Phi) is 6.37. The highest BCUT2D eigenvalue weighted by Crippen LogP contribution is 2.17.